The normalized spacial score (nSPS) is 11.2. The molecule has 1 N–H and O–H groups in total. The molecule has 0 aliphatic rings. The largest absolute Gasteiger partial charge is 0.390 e. The first-order chi connectivity index (χ1) is 10.2. The lowest BCUT2D eigenvalue weighted by atomic mass is 10.1. The summed E-state index contributed by atoms with van der Waals surface area (Å²) < 4.78 is 2.04. The average molecular weight is 280 g/mol. The number of hydrogen-bond donors (Lipinski definition) is 1. The van der Waals surface area contributed by atoms with Crippen LogP contribution in [0.3, 0.4) is 0 Å². The van der Waals surface area contributed by atoms with Gasteiger partial charge in [-0.3, -0.25) is 4.40 Å². The Balaban J connectivity index is 2.01. The topological polar surface area (TPSA) is 37.5 Å². The SMILES string of the molecule is CCc1ccc(Cc2nc3cccc(C)n3c2CO)cc1. The molecule has 2 heterocycles. The molecule has 3 rings (SSSR count). The van der Waals surface area contributed by atoms with Crippen LogP contribution in [0.1, 0.15) is 35.1 Å². The summed E-state index contributed by atoms with van der Waals surface area (Å²) in [5.74, 6) is 0. The zero-order valence-electron chi connectivity index (χ0n) is 12.5. The molecule has 0 aliphatic heterocycles. The molecule has 108 valence electrons. The Labute approximate surface area is 124 Å². The maximum absolute atomic E-state index is 9.73. The molecule has 0 spiro atoms. The van der Waals surface area contributed by atoms with Crippen LogP contribution in [0.15, 0.2) is 42.5 Å². The minimum Gasteiger partial charge on any atom is -0.390 e. The first kappa shape index (κ1) is 13.8. The molecular weight excluding hydrogens is 260 g/mol. The molecular formula is C18H20N2O. The van der Waals surface area contributed by atoms with E-state index in [0.29, 0.717) is 0 Å². The number of aliphatic hydroxyl groups excluding tert-OH is 1. The Morgan fingerprint density at radius 3 is 2.43 bits per heavy atom. The summed E-state index contributed by atoms with van der Waals surface area (Å²) in [5.41, 5.74) is 6.41. The molecule has 0 amide bonds. The fraction of sp³-hybridized carbons (Fsp3) is 0.278. The van der Waals surface area contributed by atoms with Gasteiger partial charge in [0.1, 0.15) is 5.65 Å². The molecule has 3 nitrogen and oxygen atoms in total. The van der Waals surface area contributed by atoms with Crippen LogP contribution in [0.25, 0.3) is 5.65 Å². The number of hydrogen-bond acceptors (Lipinski definition) is 2. The maximum atomic E-state index is 9.73. The molecule has 0 fully saturated rings. The molecule has 21 heavy (non-hydrogen) atoms. The summed E-state index contributed by atoms with van der Waals surface area (Å²) >= 11 is 0. The van der Waals surface area contributed by atoms with E-state index < -0.39 is 0 Å². The second-order valence-corrected chi connectivity index (χ2v) is 5.37. The highest BCUT2D eigenvalue weighted by Crippen LogP contribution is 2.19. The number of aryl methyl sites for hydroxylation is 2. The van der Waals surface area contributed by atoms with Crippen LogP contribution in [-0.4, -0.2) is 14.5 Å². The van der Waals surface area contributed by atoms with Crippen LogP contribution in [0.2, 0.25) is 0 Å². The standard InChI is InChI=1S/C18H20N2O/c1-3-14-7-9-15(10-8-14)11-16-17(12-21)20-13(2)5-4-6-18(20)19-16/h4-10,21H,3,11-12H2,1-2H3. The number of fused-ring (bicyclic) bond motifs is 1. The van der Waals surface area contributed by atoms with Gasteiger partial charge in [0, 0.05) is 12.1 Å². The zero-order chi connectivity index (χ0) is 14.8. The van der Waals surface area contributed by atoms with Crippen LogP contribution < -0.4 is 0 Å². The van der Waals surface area contributed by atoms with E-state index in [0.717, 1.165) is 35.6 Å². The van der Waals surface area contributed by atoms with Gasteiger partial charge in [0.2, 0.25) is 0 Å². The van der Waals surface area contributed by atoms with Crippen molar-refractivity contribution in [3.63, 3.8) is 0 Å². The van der Waals surface area contributed by atoms with Gasteiger partial charge in [-0.1, -0.05) is 37.3 Å². The van der Waals surface area contributed by atoms with E-state index in [4.69, 9.17) is 0 Å². The van der Waals surface area contributed by atoms with Crippen molar-refractivity contribution in [1.82, 2.24) is 9.38 Å². The van der Waals surface area contributed by atoms with Gasteiger partial charge >= 0.3 is 0 Å². The summed E-state index contributed by atoms with van der Waals surface area (Å²) in [6, 6.07) is 14.6. The van der Waals surface area contributed by atoms with E-state index in [1.165, 1.54) is 11.1 Å². The van der Waals surface area contributed by atoms with Gasteiger partial charge in [0.25, 0.3) is 0 Å². The lowest BCUT2D eigenvalue weighted by molar-refractivity contribution is 0.274. The summed E-state index contributed by atoms with van der Waals surface area (Å²) in [5, 5.41) is 9.73. The van der Waals surface area contributed by atoms with Crippen LogP contribution >= 0.6 is 0 Å². The predicted molar refractivity (Wildman–Crippen MR) is 84.5 cm³/mol. The predicted octanol–water partition coefficient (Wildman–Crippen LogP) is 3.29. The lowest BCUT2D eigenvalue weighted by Gasteiger charge is -2.05. The minimum atomic E-state index is 0.00833. The number of aliphatic hydroxyl groups is 1. The average Bonchev–Trinajstić information content (AvgIpc) is 2.86. The number of benzene rings is 1. The fourth-order valence-electron chi connectivity index (χ4n) is 2.76. The first-order valence-corrected chi connectivity index (χ1v) is 7.37. The van der Waals surface area contributed by atoms with Gasteiger partial charge in [0.15, 0.2) is 0 Å². The Kier molecular flexibility index (Phi) is 3.76. The smallest absolute Gasteiger partial charge is 0.137 e. The molecule has 3 heteroatoms. The summed E-state index contributed by atoms with van der Waals surface area (Å²) in [7, 11) is 0. The molecule has 1 aromatic carbocycles. The van der Waals surface area contributed by atoms with Gasteiger partial charge in [-0.15, -0.1) is 0 Å². The van der Waals surface area contributed by atoms with E-state index >= 15 is 0 Å². The van der Waals surface area contributed by atoms with Crippen LogP contribution in [0.5, 0.6) is 0 Å². The van der Waals surface area contributed by atoms with Crippen LogP contribution in [0, 0.1) is 6.92 Å². The van der Waals surface area contributed by atoms with E-state index in [1.807, 2.05) is 29.5 Å². The lowest BCUT2D eigenvalue weighted by Crippen LogP contribution is -2.00. The van der Waals surface area contributed by atoms with E-state index in [1.54, 1.807) is 0 Å². The number of aromatic nitrogens is 2. The highest BCUT2D eigenvalue weighted by Gasteiger charge is 2.13. The van der Waals surface area contributed by atoms with Crippen molar-refractivity contribution in [3.05, 3.63) is 70.7 Å². The highest BCUT2D eigenvalue weighted by molar-refractivity contribution is 5.46. The minimum absolute atomic E-state index is 0.00833. The molecule has 0 saturated carbocycles. The Hall–Kier alpha value is -2.13. The van der Waals surface area contributed by atoms with Crippen molar-refractivity contribution in [1.29, 1.82) is 0 Å². The maximum Gasteiger partial charge on any atom is 0.137 e. The Morgan fingerprint density at radius 2 is 1.76 bits per heavy atom. The molecule has 0 aliphatic carbocycles. The van der Waals surface area contributed by atoms with Crippen molar-refractivity contribution < 1.29 is 5.11 Å². The molecule has 0 unspecified atom stereocenters. The zero-order valence-corrected chi connectivity index (χ0v) is 12.5. The van der Waals surface area contributed by atoms with Gasteiger partial charge in [-0.05, 0) is 36.6 Å². The molecule has 0 bridgehead atoms. The van der Waals surface area contributed by atoms with Crippen molar-refractivity contribution in [2.75, 3.05) is 0 Å². The summed E-state index contributed by atoms with van der Waals surface area (Å²) in [6.07, 6.45) is 1.80. The molecule has 0 radical (unpaired) electrons. The number of pyridine rings is 1. The monoisotopic (exact) mass is 280 g/mol. The van der Waals surface area contributed by atoms with Crippen molar-refractivity contribution in [2.24, 2.45) is 0 Å². The van der Waals surface area contributed by atoms with Gasteiger partial charge in [-0.2, -0.15) is 0 Å². The van der Waals surface area contributed by atoms with Gasteiger partial charge in [-0.25, -0.2) is 4.98 Å². The molecule has 3 aromatic rings. The van der Waals surface area contributed by atoms with E-state index in [2.05, 4.69) is 36.2 Å². The van der Waals surface area contributed by atoms with Gasteiger partial charge in [0.05, 0.1) is 18.0 Å². The van der Waals surface area contributed by atoms with E-state index in [9.17, 15) is 5.11 Å². The van der Waals surface area contributed by atoms with Crippen molar-refractivity contribution in [2.45, 2.75) is 33.3 Å². The van der Waals surface area contributed by atoms with Crippen LogP contribution in [-0.2, 0) is 19.4 Å². The fourth-order valence-corrected chi connectivity index (χ4v) is 2.76. The second-order valence-electron chi connectivity index (χ2n) is 5.37. The van der Waals surface area contributed by atoms with Gasteiger partial charge < -0.3 is 5.11 Å². The Bertz CT molecular complexity index is 757. The first-order valence-electron chi connectivity index (χ1n) is 7.37. The third kappa shape index (κ3) is 2.57. The number of nitrogens with zero attached hydrogens (tertiary/aromatic N) is 2. The number of rotatable bonds is 4. The molecule has 2 aromatic heterocycles. The number of imidazole rings is 1. The molecule has 0 atom stereocenters. The highest BCUT2D eigenvalue weighted by atomic mass is 16.3. The van der Waals surface area contributed by atoms with Crippen LogP contribution in [0.4, 0.5) is 0 Å². The van der Waals surface area contributed by atoms with Crippen molar-refractivity contribution >= 4 is 5.65 Å². The summed E-state index contributed by atoms with van der Waals surface area (Å²) in [4.78, 5) is 4.69. The van der Waals surface area contributed by atoms with E-state index in [-0.39, 0.29) is 6.61 Å². The Morgan fingerprint density at radius 1 is 1.05 bits per heavy atom. The molecule has 0 saturated heterocycles. The second kappa shape index (κ2) is 5.70. The quantitative estimate of drug-likeness (QED) is 0.796. The summed E-state index contributed by atoms with van der Waals surface area (Å²) in [6.45, 7) is 4.20. The third-order valence-corrected chi connectivity index (χ3v) is 3.97. The third-order valence-electron chi connectivity index (χ3n) is 3.97. The van der Waals surface area contributed by atoms with Crippen molar-refractivity contribution in [3.8, 4) is 0 Å².